The molecule has 1 aliphatic rings. The zero-order valence-electron chi connectivity index (χ0n) is 12.4. The van der Waals surface area contributed by atoms with Crippen molar-refractivity contribution in [3.05, 3.63) is 34.3 Å². The van der Waals surface area contributed by atoms with E-state index >= 15 is 0 Å². The summed E-state index contributed by atoms with van der Waals surface area (Å²) < 4.78 is 45.5. The monoisotopic (exact) mass is 410 g/mol. The van der Waals surface area contributed by atoms with E-state index < -0.39 is 35.9 Å². The highest BCUT2D eigenvalue weighted by Crippen LogP contribution is 2.43. The van der Waals surface area contributed by atoms with E-state index in [0.29, 0.717) is 4.47 Å². The quantitative estimate of drug-likeness (QED) is 0.666. The first-order valence-corrected chi connectivity index (χ1v) is 7.69. The molecule has 0 spiro atoms. The van der Waals surface area contributed by atoms with Crippen LogP contribution in [-0.4, -0.2) is 35.6 Å². The maximum Gasteiger partial charge on any atom is 0.437 e. The second-order valence-corrected chi connectivity index (χ2v) is 6.04. The molecule has 1 aromatic rings. The number of alkyl halides is 3. The van der Waals surface area contributed by atoms with Crippen molar-refractivity contribution >= 4 is 27.9 Å². The summed E-state index contributed by atoms with van der Waals surface area (Å²) >= 11 is 3.18. The van der Waals surface area contributed by atoms with E-state index in [1.165, 1.54) is 24.4 Å². The minimum atomic E-state index is -5.28. The number of nitrogens with one attached hydrogen (secondary N) is 2. The molecule has 0 saturated carbocycles. The molecule has 0 radical (unpaired) electrons. The smallest absolute Gasteiger partial charge is 0.437 e. The maximum absolute atomic E-state index is 13.4. The number of urea groups is 1. The number of rotatable bonds is 3. The Hall–Kier alpha value is -1.81. The van der Waals surface area contributed by atoms with Crippen LogP contribution >= 0.6 is 15.9 Å². The molecule has 1 fully saturated rings. The largest absolute Gasteiger partial charge is 0.466 e. The molecule has 24 heavy (non-hydrogen) atoms. The van der Waals surface area contributed by atoms with Crippen molar-refractivity contribution in [3.8, 4) is 0 Å². The van der Waals surface area contributed by atoms with Gasteiger partial charge in [0.05, 0.1) is 12.6 Å². The molecule has 0 aliphatic carbocycles. The lowest BCUT2D eigenvalue weighted by Crippen LogP contribution is -2.73. The number of esters is 1. The second kappa shape index (κ2) is 6.60. The first kappa shape index (κ1) is 18.5. The first-order chi connectivity index (χ1) is 11.1. The fraction of sp³-hybridized carbons (Fsp3) is 0.429. The summed E-state index contributed by atoms with van der Waals surface area (Å²) in [6.45, 7) is 1.25. The lowest BCUT2D eigenvalue weighted by atomic mass is 9.82. The highest BCUT2D eigenvalue weighted by atomic mass is 79.9. The predicted molar refractivity (Wildman–Crippen MR) is 79.7 cm³/mol. The third kappa shape index (κ3) is 3.34. The summed E-state index contributed by atoms with van der Waals surface area (Å²) in [5.74, 6) is -3.39. The molecule has 10 heteroatoms. The van der Waals surface area contributed by atoms with Crippen LogP contribution in [0.2, 0.25) is 0 Å². The van der Waals surface area contributed by atoms with Gasteiger partial charge in [0.15, 0.2) is 0 Å². The fourth-order valence-corrected chi connectivity index (χ4v) is 2.75. The van der Waals surface area contributed by atoms with Gasteiger partial charge in [-0.25, -0.2) is 4.79 Å². The summed E-state index contributed by atoms with van der Waals surface area (Å²) in [6.07, 6.45) is -5.28. The normalized spacial score (nSPS) is 27.2. The Morgan fingerprint density at radius 2 is 1.96 bits per heavy atom. The van der Waals surface area contributed by atoms with Crippen molar-refractivity contribution in [2.45, 2.75) is 24.9 Å². The van der Waals surface area contributed by atoms with E-state index in [4.69, 9.17) is 0 Å². The molecular weight excluding hydrogens is 397 g/mol. The first-order valence-electron chi connectivity index (χ1n) is 6.90. The Labute approximate surface area is 143 Å². The van der Waals surface area contributed by atoms with E-state index in [1.807, 2.05) is 0 Å². The molecule has 1 heterocycles. The Kier molecular flexibility index (Phi) is 5.09. The second-order valence-electron chi connectivity index (χ2n) is 5.12. The summed E-state index contributed by atoms with van der Waals surface area (Å²) in [7, 11) is 0. The van der Waals surface area contributed by atoms with Crippen LogP contribution in [-0.2, 0) is 9.53 Å². The zero-order valence-corrected chi connectivity index (χ0v) is 13.9. The minimum absolute atomic E-state index is 0.176. The zero-order chi connectivity index (χ0) is 18.1. The van der Waals surface area contributed by atoms with E-state index in [0.717, 1.165) is 0 Å². The van der Waals surface area contributed by atoms with Crippen molar-refractivity contribution in [1.29, 1.82) is 0 Å². The molecule has 2 rings (SSSR count). The topological polar surface area (TPSA) is 87.7 Å². The Bertz CT molecular complexity index is 638. The summed E-state index contributed by atoms with van der Waals surface area (Å²) in [6, 6.07) is 3.28. The molecule has 6 nitrogen and oxygen atoms in total. The maximum atomic E-state index is 13.4. The molecule has 3 N–H and O–H groups in total. The fourth-order valence-electron chi connectivity index (χ4n) is 2.48. The van der Waals surface area contributed by atoms with E-state index in [-0.39, 0.29) is 12.2 Å². The molecule has 3 unspecified atom stereocenters. The van der Waals surface area contributed by atoms with Gasteiger partial charge in [0.25, 0.3) is 5.72 Å². The number of carbonyl (C=O) groups is 2. The van der Waals surface area contributed by atoms with Crippen molar-refractivity contribution in [1.82, 2.24) is 10.6 Å². The van der Waals surface area contributed by atoms with Crippen molar-refractivity contribution in [2.75, 3.05) is 6.61 Å². The highest BCUT2D eigenvalue weighted by molar-refractivity contribution is 9.10. The lowest BCUT2D eigenvalue weighted by Gasteiger charge is -2.44. The molecule has 0 aromatic heterocycles. The van der Waals surface area contributed by atoms with Crippen LogP contribution in [0.15, 0.2) is 28.7 Å². The molecule has 0 bridgehead atoms. The van der Waals surface area contributed by atoms with Crippen LogP contribution in [0, 0.1) is 5.92 Å². The molecule has 2 amide bonds. The standard InChI is InChI=1S/C14H14BrF3N2O4/c1-2-24-11(21)9-10(7-3-5-8(15)6-4-7)19-12(22)20-13(9,23)14(16,17)18/h3-6,9-10,23H,2H2,1H3,(H2,19,20,22). The number of ether oxygens (including phenoxy) is 1. The SMILES string of the molecule is CCOC(=O)C1C(c2ccc(Br)cc2)NC(=O)NC1(O)C(F)(F)F. The van der Waals surface area contributed by atoms with Gasteiger partial charge >= 0.3 is 18.2 Å². The third-order valence-electron chi connectivity index (χ3n) is 3.58. The summed E-state index contributed by atoms with van der Waals surface area (Å²) in [5, 5.41) is 13.8. The van der Waals surface area contributed by atoms with Gasteiger partial charge in [0.1, 0.15) is 5.92 Å². The van der Waals surface area contributed by atoms with Crippen molar-refractivity contribution in [2.24, 2.45) is 5.92 Å². The van der Waals surface area contributed by atoms with Gasteiger partial charge in [0.2, 0.25) is 0 Å². The van der Waals surface area contributed by atoms with E-state index in [1.54, 1.807) is 12.1 Å². The summed E-state index contributed by atoms with van der Waals surface area (Å²) in [5.41, 5.74) is -3.53. The van der Waals surface area contributed by atoms with Crippen LogP contribution in [0.5, 0.6) is 0 Å². The number of hydrogen-bond donors (Lipinski definition) is 3. The minimum Gasteiger partial charge on any atom is -0.466 e. The van der Waals surface area contributed by atoms with Gasteiger partial charge in [-0.2, -0.15) is 13.2 Å². The van der Waals surface area contributed by atoms with Crippen LogP contribution in [0.3, 0.4) is 0 Å². The number of hydrogen-bond acceptors (Lipinski definition) is 4. The van der Waals surface area contributed by atoms with Gasteiger partial charge in [-0.05, 0) is 24.6 Å². The van der Waals surface area contributed by atoms with Crippen molar-refractivity contribution < 1.29 is 32.6 Å². The average Bonchev–Trinajstić information content (AvgIpc) is 2.46. The molecule has 1 aromatic carbocycles. The average molecular weight is 411 g/mol. The number of amides is 2. The molecule has 1 saturated heterocycles. The number of aliphatic hydroxyl groups is 1. The van der Waals surface area contributed by atoms with Gasteiger partial charge in [0, 0.05) is 4.47 Å². The summed E-state index contributed by atoms with van der Waals surface area (Å²) in [4.78, 5) is 23.8. The number of benzene rings is 1. The highest BCUT2D eigenvalue weighted by Gasteiger charge is 2.67. The van der Waals surface area contributed by atoms with Crippen molar-refractivity contribution in [3.63, 3.8) is 0 Å². The Balaban J connectivity index is 2.55. The Morgan fingerprint density at radius 1 is 1.38 bits per heavy atom. The predicted octanol–water partition coefficient (Wildman–Crippen LogP) is 2.23. The molecule has 3 atom stereocenters. The van der Waals surface area contributed by atoms with E-state index in [9.17, 15) is 27.9 Å². The van der Waals surface area contributed by atoms with Crippen LogP contribution in [0.1, 0.15) is 18.5 Å². The Morgan fingerprint density at radius 3 is 2.46 bits per heavy atom. The van der Waals surface area contributed by atoms with Crippen LogP contribution in [0.25, 0.3) is 0 Å². The third-order valence-corrected chi connectivity index (χ3v) is 4.10. The number of carbonyl (C=O) groups excluding carboxylic acids is 2. The van der Waals surface area contributed by atoms with Crippen LogP contribution in [0.4, 0.5) is 18.0 Å². The van der Waals surface area contributed by atoms with E-state index in [2.05, 4.69) is 26.0 Å². The molecular formula is C14H14BrF3N2O4. The van der Waals surface area contributed by atoms with Gasteiger partial charge < -0.3 is 20.5 Å². The van der Waals surface area contributed by atoms with Gasteiger partial charge in [-0.3, -0.25) is 4.79 Å². The van der Waals surface area contributed by atoms with Crippen LogP contribution < -0.4 is 10.6 Å². The number of halogens is 4. The lowest BCUT2D eigenvalue weighted by molar-refractivity contribution is -0.294. The molecule has 132 valence electrons. The molecule has 1 aliphatic heterocycles. The van der Waals surface area contributed by atoms with Gasteiger partial charge in [-0.15, -0.1) is 0 Å². The van der Waals surface area contributed by atoms with Gasteiger partial charge in [-0.1, -0.05) is 28.1 Å².